The second-order valence-electron chi connectivity index (χ2n) is 5.27. The van der Waals surface area contributed by atoms with Crippen LogP contribution in [0.3, 0.4) is 0 Å². The van der Waals surface area contributed by atoms with Crippen LogP contribution in [0, 0.1) is 17.2 Å². The molecule has 4 heteroatoms. The summed E-state index contributed by atoms with van der Waals surface area (Å²) in [7, 11) is 0. The molecule has 0 aromatic heterocycles. The second-order valence-corrected chi connectivity index (χ2v) is 6.65. The highest BCUT2D eigenvalue weighted by Gasteiger charge is 2.19. The van der Waals surface area contributed by atoms with Crippen molar-refractivity contribution in [3.05, 3.63) is 29.8 Å². The van der Waals surface area contributed by atoms with E-state index in [-0.39, 0.29) is 11.2 Å². The van der Waals surface area contributed by atoms with Gasteiger partial charge < -0.3 is 5.32 Å². The maximum atomic E-state index is 12.1. The predicted octanol–water partition coefficient (Wildman–Crippen LogP) is 3.81. The third-order valence-corrected chi connectivity index (χ3v) is 5.11. The molecule has 1 aromatic rings. The lowest BCUT2D eigenvalue weighted by atomic mass is 10.1. The van der Waals surface area contributed by atoms with E-state index in [1.807, 2.05) is 13.0 Å². The van der Waals surface area contributed by atoms with Crippen LogP contribution in [0.15, 0.2) is 24.3 Å². The Kier molecular flexibility index (Phi) is 5.49. The molecule has 1 aliphatic rings. The van der Waals surface area contributed by atoms with E-state index in [0.717, 1.165) is 11.7 Å². The van der Waals surface area contributed by atoms with Crippen molar-refractivity contribution in [1.29, 1.82) is 5.26 Å². The van der Waals surface area contributed by atoms with E-state index in [4.69, 9.17) is 5.26 Å². The topological polar surface area (TPSA) is 52.9 Å². The van der Waals surface area contributed by atoms with Crippen molar-refractivity contribution in [3.63, 3.8) is 0 Å². The van der Waals surface area contributed by atoms with Gasteiger partial charge in [0.1, 0.15) is 6.07 Å². The Morgan fingerprint density at radius 1 is 1.45 bits per heavy atom. The smallest absolute Gasteiger partial charge is 0.237 e. The lowest BCUT2D eigenvalue weighted by molar-refractivity contribution is -0.115. The van der Waals surface area contributed by atoms with Gasteiger partial charge in [-0.15, -0.1) is 11.8 Å². The first-order valence-corrected chi connectivity index (χ1v) is 8.17. The van der Waals surface area contributed by atoms with Gasteiger partial charge in [-0.3, -0.25) is 4.79 Å². The summed E-state index contributed by atoms with van der Waals surface area (Å²) >= 11 is 1.72. The fourth-order valence-electron chi connectivity index (χ4n) is 2.46. The fraction of sp³-hybridized carbons (Fsp3) is 0.500. The van der Waals surface area contributed by atoms with Gasteiger partial charge in [0.25, 0.3) is 0 Å². The number of nitrogens with zero attached hydrogens (tertiary/aromatic N) is 1. The average Bonchev–Trinajstić information content (AvgIpc) is 2.98. The van der Waals surface area contributed by atoms with Crippen LogP contribution in [0.1, 0.15) is 38.2 Å². The number of carbonyl (C=O) groups is 1. The number of nitrogens with one attached hydrogen (secondary N) is 1. The van der Waals surface area contributed by atoms with Gasteiger partial charge in [-0.25, -0.2) is 0 Å². The van der Waals surface area contributed by atoms with Crippen molar-refractivity contribution in [3.8, 4) is 6.07 Å². The van der Waals surface area contributed by atoms with Crippen LogP contribution in [-0.2, 0) is 4.79 Å². The van der Waals surface area contributed by atoms with Crippen molar-refractivity contribution < 1.29 is 4.79 Å². The second kappa shape index (κ2) is 7.35. The van der Waals surface area contributed by atoms with Gasteiger partial charge >= 0.3 is 0 Å². The van der Waals surface area contributed by atoms with E-state index in [1.165, 1.54) is 25.7 Å². The summed E-state index contributed by atoms with van der Waals surface area (Å²) < 4.78 is 0. The molecule has 3 nitrogen and oxygen atoms in total. The van der Waals surface area contributed by atoms with Crippen molar-refractivity contribution in [1.82, 2.24) is 0 Å². The molecule has 0 aliphatic heterocycles. The van der Waals surface area contributed by atoms with Crippen molar-refractivity contribution in [2.75, 3.05) is 11.1 Å². The van der Waals surface area contributed by atoms with Gasteiger partial charge in [0.05, 0.1) is 16.5 Å². The van der Waals surface area contributed by atoms with Crippen molar-refractivity contribution >= 4 is 23.4 Å². The molecular formula is C16H20N2OS. The molecule has 106 valence electrons. The maximum absolute atomic E-state index is 12.1. The minimum atomic E-state index is -0.0812. The Bertz CT molecular complexity index is 503. The molecule has 1 saturated carbocycles. The van der Waals surface area contributed by atoms with E-state index in [2.05, 4.69) is 11.4 Å². The van der Waals surface area contributed by atoms with E-state index >= 15 is 0 Å². The standard InChI is InChI=1S/C16H20N2OS/c1-12(20-11-13-6-2-3-7-13)16(19)18-15-9-5-4-8-14(15)10-17/h4-5,8-9,12-13H,2-3,6-7,11H2,1H3,(H,18,19). The Morgan fingerprint density at radius 2 is 2.15 bits per heavy atom. The summed E-state index contributed by atoms with van der Waals surface area (Å²) in [6.07, 6.45) is 5.28. The monoisotopic (exact) mass is 288 g/mol. The minimum Gasteiger partial charge on any atom is -0.324 e. The van der Waals surface area contributed by atoms with Crippen molar-refractivity contribution in [2.45, 2.75) is 37.9 Å². The van der Waals surface area contributed by atoms with E-state index < -0.39 is 0 Å². The Labute approximate surface area is 124 Å². The van der Waals surface area contributed by atoms with Crippen LogP contribution in [-0.4, -0.2) is 16.9 Å². The summed E-state index contributed by atoms with van der Waals surface area (Å²) in [5.74, 6) is 1.83. The van der Waals surface area contributed by atoms with Crippen LogP contribution in [0.4, 0.5) is 5.69 Å². The number of benzene rings is 1. The molecule has 2 rings (SSSR count). The summed E-state index contributed by atoms with van der Waals surface area (Å²) in [5, 5.41) is 11.8. The van der Waals surface area contributed by atoms with Gasteiger partial charge in [-0.2, -0.15) is 5.26 Å². The molecule has 0 saturated heterocycles. The Morgan fingerprint density at radius 3 is 2.85 bits per heavy atom. The van der Waals surface area contributed by atoms with Gasteiger partial charge in [-0.05, 0) is 43.6 Å². The molecule has 1 aromatic carbocycles. The number of amides is 1. The lowest BCUT2D eigenvalue weighted by Gasteiger charge is -2.15. The Balaban J connectivity index is 1.85. The quantitative estimate of drug-likeness (QED) is 0.896. The molecule has 1 N–H and O–H groups in total. The summed E-state index contributed by atoms with van der Waals surface area (Å²) in [6, 6.07) is 9.20. The van der Waals surface area contributed by atoms with Crippen LogP contribution in [0.25, 0.3) is 0 Å². The van der Waals surface area contributed by atoms with E-state index in [9.17, 15) is 4.79 Å². The van der Waals surface area contributed by atoms with Gasteiger partial charge in [-0.1, -0.05) is 25.0 Å². The van der Waals surface area contributed by atoms with Crippen LogP contribution in [0.5, 0.6) is 0 Å². The summed E-state index contributed by atoms with van der Waals surface area (Å²) in [6.45, 7) is 1.93. The van der Waals surface area contributed by atoms with E-state index in [1.54, 1.807) is 30.0 Å². The van der Waals surface area contributed by atoms with Crippen LogP contribution < -0.4 is 5.32 Å². The molecule has 1 amide bonds. The number of hydrogen-bond acceptors (Lipinski definition) is 3. The van der Waals surface area contributed by atoms with Gasteiger partial charge in [0, 0.05) is 0 Å². The zero-order valence-electron chi connectivity index (χ0n) is 11.8. The Hall–Kier alpha value is -1.47. The van der Waals surface area contributed by atoms with E-state index in [0.29, 0.717) is 11.3 Å². The largest absolute Gasteiger partial charge is 0.324 e. The first-order chi connectivity index (χ1) is 9.70. The third kappa shape index (κ3) is 4.01. The molecule has 0 heterocycles. The average molecular weight is 288 g/mol. The number of para-hydroxylation sites is 1. The highest BCUT2D eigenvalue weighted by atomic mass is 32.2. The van der Waals surface area contributed by atoms with Gasteiger partial charge in [0.15, 0.2) is 0 Å². The fourth-order valence-corrected chi connectivity index (χ4v) is 3.56. The highest BCUT2D eigenvalue weighted by molar-refractivity contribution is 8.00. The van der Waals surface area contributed by atoms with Crippen molar-refractivity contribution in [2.24, 2.45) is 5.92 Å². The minimum absolute atomic E-state index is 0.0179. The third-order valence-electron chi connectivity index (χ3n) is 3.73. The van der Waals surface area contributed by atoms with Crippen LogP contribution in [0.2, 0.25) is 0 Å². The zero-order chi connectivity index (χ0) is 14.4. The number of hydrogen-bond donors (Lipinski definition) is 1. The molecule has 1 aliphatic carbocycles. The number of anilines is 1. The van der Waals surface area contributed by atoms with Gasteiger partial charge in [0.2, 0.25) is 5.91 Å². The number of thioether (sulfide) groups is 1. The molecule has 1 fully saturated rings. The predicted molar refractivity (Wildman–Crippen MR) is 83.7 cm³/mol. The molecule has 1 unspecified atom stereocenters. The molecule has 0 spiro atoms. The maximum Gasteiger partial charge on any atom is 0.237 e. The molecule has 0 bridgehead atoms. The molecule has 1 atom stereocenters. The zero-order valence-corrected chi connectivity index (χ0v) is 12.6. The molecular weight excluding hydrogens is 268 g/mol. The summed E-state index contributed by atoms with van der Waals surface area (Å²) in [4.78, 5) is 12.1. The normalized spacial score (nSPS) is 16.6. The lowest BCUT2D eigenvalue weighted by Crippen LogP contribution is -2.23. The number of rotatable bonds is 5. The number of carbonyl (C=O) groups excluding carboxylic acids is 1. The summed E-state index contributed by atoms with van der Waals surface area (Å²) in [5.41, 5.74) is 1.11. The first-order valence-electron chi connectivity index (χ1n) is 7.12. The van der Waals surface area contributed by atoms with Crippen LogP contribution >= 0.6 is 11.8 Å². The SMILES string of the molecule is CC(SCC1CCCC1)C(=O)Nc1ccccc1C#N. The molecule has 0 radical (unpaired) electrons. The molecule has 20 heavy (non-hydrogen) atoms. The number of nitriles is 1. The first kappa shape index (κ1) is 14.9. The highest BCUT2D eigenvalue weighted by Crippen LogP contribution is 2.29.